The zero-order chi connectivity index (χ0) is 14.2. The Morgan fingerprint density at radius 1 is 1.42 bits per heavy atom. The van der Waals surface area contributed by atoms with Crippen LogP contribution in [-0.4, -0.2) is 47.6 Å². The van der Waals surface area contributed by atoms with Gasteiger partial charge in [0.05, 0.1) is 12.1 Å². The lowest BCUT2D eigenvalue weighted by atomic mass is 9.94. The van der Waals surface area contributed by atoms with Crippen LogP contribution in [0.3, 0.4) is 0 Å². The summed E-state index contributed by atoms with van der Waals surface area (Å²) < 4.78 is 5.57. The van der Waals surface area contributed by atoms with Crippen LogP contribution in [0.2, 0.25) is 0 Å². The van der Waals surface area contributed by atoms with Gasteiger partial charge in [0.25, 0.3) is 0 Å². The summed E-state index contributed by atoms with van der Waals surface area (Å²) in [5, 5.41) is 2.86. The summed E-state index contributed by atoms with van der Waals surface area (Å²) in [6.07, 6.45) is 1.48. The van der Waals surface area contributed by atoms with Gasteiger partial charge in [0, 0.05) is 6.61 Å². The number of hydrogen-bond donors (Lipinski definition) is 1. The Kier molecular flexibility index (Phi) is 4.13. The molecule has 0 spiro atoms. The van der Waals surface area contributed by atoms with E-state index in [4.69, 9.17) is 4.74 Å². The molecule has 2 aliphatic heterocycles. The van der Waals surface area contributed by atoms with Crippen molar-refractivity contribution in [3.8, 4) is 0 Å². The highest BCUT2D eigenvalue weighted by Crippen LogP contribution is 2.27. The molecule has 4 unspecified atom stereocenters. The summed E-state index contributed by atoms with van der Waals surface area (Å²) in [5.41, 5.74) is 0. The first-order chi connectivity index (χ1) is 8.97. The minimum Gasteiger partial charge on any atom is -0.376 e. The zero-order valence-electron chi connectivity index (χ0n) is 12.2. The molecule has 0 aromatic rings. The van der Waals surface area contributed by atoms with Crippen molar-refractivity contribution in [2.45, 2.75) is 64.8 Å². The average Bonchev–Trinajstić information content (AvgIpc) is 2.76. The quantitative estimate of drug-likeness (QED) is 0.828. The highest BCUT2D eigenvalue weighted by molar-refractivity contribution is 5.97. The van der Waals surface area contributed by atoms with E-state index in [1.807, 2.05) is 27.7 Å². The van der Waals surface area contributed by atoms with Crippen molar-refractivity contribution < 1.29 is 14.3 Å². The molecule has 2 rings (SSSR count). The van der Waals surface area contributed by atoms with Gasteiger partial charge in [-0.05, 0) is 25.7 Å². The molecule has 0 saturated carbocycles. The molecule has 2 aliphatic rings. The van der Waals surface area contributed by atoms with Crippen molar-refractivity contribution in [1.29, 1.82) is 0 Å². The molecule has 2 heterocycles. The minimum absolute atomic E-state index is 0.0108. The highest BCUT2D eigenvalue weighted by Gasteiger charge is 2.46. The van der Waals surface area contributed by atoms with Crippen molar-refractivity contribution in [1.82, 2.24) is 10.2 Å². The van der Waals surface area contributed by atoms with Gasteiger partial charge in [-0.25, -0.2) is 0 Å². The number of piperazine rings is 1. The molecular formula is C14H24N2O3. The number of rotatable bonds is 3. The summed E-state index contributed by atoms with van der Waals surface area (Å²) in [7, 11) is 0. The van der Waals surface area contributed by atoms with E-state index >= 15 is 0 Å². The number of nitrogens with zero attached hydrogens (tertiary/aromatic N) is 1. The van der Waals surface area contributed by atoms with Gasteiger partial charge in [0.15, 0.2) is 0 Å². The summed E-state index contributed by atoms with van der Waals surface area (Å²) in [6.45, 7) is 8.51. The Bertz CT molecular complexity index is 370. The molecule has 2 amide bonds. The van der Waals surface area contributed by atoms with Crippen LogP contribution in [0, 0.1) is 5.92 Å². The van der Waals surface area contributed by atoms with Crippen LogP contribution in [0.1, 0.15) is 40.5 Å². The normalized spacial score (nSPS) is 35.9. The molecule has 5 heteroatoms. The predicted molar refractivity (Wildman–Crippen MR) is 71.5 cm³/mol. The lowest BCUT2D eigenvalue weighted by molar-refractivity contribution is -0.154. The van der Waals surface area contributed by atoms with E-state index in [0.29, 0.717) is 13.0 Å². The van der Waals surface area contributed by atoms with Crippen LogP contribution < -0.4 is 5.32 Å². The third-order valence-corrected chi connectivity index (χ3v) is 4.20. The van der Waals surface area contributed by atoms with Gasteiger partial charge in [-0.1, -0.05) is 20.8 Å². The van der Waals surface area contributed by atoms with Crippen LogP contribution in [0.4, 0.5) is 0 Å². The van der Waals surface area contributed by atoms with Crippen LogP contribution in [-0.2, 0) is 14.3 Å². The minimum atomic E-state index is -0.400. The lowest BCUT2D eigenvalue weighted by Gasteiger charge is -2.43. The Hall–Kier alpha value is -1.10. The molecule has 0 bridgehead atoms. The number of nitrogens with one attached hydrogen (secondary N) is 1. The largest absolute Gasteiger partial charge is 0.376 e. The molecular weight excluding hydrogens is 244 g/mol. The van der Waals surface area contributed by atoms with Crippen molar-refractivity contribution in [3.63, 3.8) is 0 Å². The third kappa shape index (κ3) is 2.48. The molecule has 1 N–H and O–H groups in total. The number of hydrogen-bond acceptors (Lipinski definition) is 3. The Morgan fingerprint density at radius 2 is 2.11 bits per heavy atom. The van der Waals surface area contributed by atoms with E-state index in [2.05, 4.69) is 5.32 Å². The summed E-state index contributed by atoms with van der Waals surface area (Å²) in [6, 6.07) is -0.718. The molecule has 108 valence electrons. The number of amides is 2. The average molecular weight is 268 g/mol. The molecule has 0 aliphatic carbocycles. The Labute approximate surface area is 114 Å². The van der Waals surface area contributed by atoms with E-state index in [9.17, 15) is 9.59 Å². The smallest absolute Gasteiger partial charge is 0.246 e. The maximum Gasteiger partial charge on any atom is 0.246 e. The van der Waals surface area contributed by atoms with Gasteiger partial charge in [0.1, 0.15) is 12.1 Å². The maximum absolute atomic E-state index is 12.7. The van der Waals surface area contributed by atoms with E-state index in [1.54, 1.807) is 4.90 Å². The van der Waals surface area contributed by atoms with Gasteiger partial charge in [-0.15, -0.1) is 0 Å². The first kappa shape index (κ1) is 14.3. The van der Waals surface area contributed by atoms with Crippen LogP contribution >= 0.6 is 0 Å². The second kappa shape index (κ2) is 5.49. The molecule has 0 radical (unpaired) electrons. The van der Waals surface area contributed by atoms with E-state index in [1.165, 1.54) is 0 Å². The van der Waals surface area contributed by atoms with Crippen molar-refractivity contribution >= 4 is 11.8 Å². The molecule has 0 aromatic heterocycles. The molecule has 4 atom stereocenters. The standard InChI is InChI=1S/C14H24N2O3/c1-5-10-13(17)15-12(8(2)3)14(18)16(10)11-6-7-19-9(11)4/h8-12H,5-7H2,1-4H3,(H,15,17). The van der Waals surface area contributed by atoms with Gasteiger partial charge < -0.3 is 15.0 Å². The number of carbonyl (C=O) groups excluding carboxylic acids is 2. The van der Waals surface area contributed by atoms with E-state index in [-0.39, 0.29) is 35.9 Å². The zero-order valence-corrected chi connectivity index (χ0v) is 12.2. The lowest BCUT2D eigenvalue weighted by Crippen LogP contribution is -2.67. The van der Waals surface area contributed by atoms with Crippen LogP contribution in [0.25, 0.3) is 0 Å². The van der Waals surface area contributed by atoms with Crippen molar-refractivity contribution in [3.05, 3.63) is 0 Å². The first-order valence-corrected chi connectivity index (χ1v) is 7.21. The van der Waals surface area contributed by atoms with Gasteiger partial charge in [-0.3, -0.25) is 9.59 Å². The first-order valence-electron chi connectivity index (χ1n) is 7.21. The van der Waals surface area contributed by atoms with Gasteiger partial charge in [-0.2, -0.15) is 0 Å². The number of carbonyl (C=O) groups is 2. The number of ether oxygens (including phenoxy) is 1. The van der Waals surface area contributed by atoms with Gasteiger partial charge in [0.2, 0.25) is 11.8 Å². The summed E-state index contributed by atoms with van der Waals surface area (Å²) >= 11 is 0. The van der Waals surface area contributed by atoms with E-state index in [0.717, 1.165) is 6.42 Å². The summed E-state index contributed by atoms with van der Waals surface area (Å²) in [5.74, 6) is 0.123. The van der Waals surface area contributed by atoms with Gasteiger partial charge >= 0.3 is 0 Å². The molecule has 5 nitrogen and oxygen atoms in total. The van der Waals surface area contributed by atoms with Crippen LogP contribution in [0.15, 0.2) is 0 Å². The van der Waals surface area contributed by atoms with Crippen LogP contribution in [0.5, 0.6) is 0 Å². The maximum atomic E-state index is 12.7. The molecule has 2 fully saturated rings. The Balaban J connectivity index is 2.28. The predicted octanol–water partition coefficient (Wildman–Crippen LogP) is 0.925. The second-order valence-corrected chi connectivity index (χ2v) is 5.83. The van der Waals surface area contributed by atoms with E-state index < -0.39 is 6.04 Å². The second-order valence-electron chi connectivity index (χ2n) is 5.83. The highest BCUT2D eigenvalue weighted by atomic mass is 16.5. The molecule has 2 saturated heterocycles. The SMILES string of the molecule is CCC1C(=O)NC(C(C)C)C(=O)N1C1CCOC1C. The Morgan fingerprint density at radius 3 is 2.58 bits per heavy atom. The molecule has 0 aromatic carbocycles. The van der Waals surface area contributed by atoms with Crippen molar-refractivity contribution in [2.24, 2.45) is 5.92 Å². The third-order valence-electron chi connectivity index (χ3n) is 4.20. The fourth-order valence-corrected chi connectivity index (χ4v) is 3.07. The topological polar surface area (TPSA) is 58.6 Å². The molecule has 19 heavy (non-hydrogen) atoms. The fraction of sp³-hybridized carbons (Fsp3) is 0.857. The fourth-order valence-electron chi connectivity index (χ4n) is 3.07. The van der Waals surface area contributed by atoms with Crippen molar-refractivity contribution in [2.75, 3.05) is 6.61 Å². The monoisotopic (exact) mass is 268 g/mol. The summed E-state index contributed by atoms with van der Waals surface area (Å²) in [4.78, 5) is 26.7.